The van der Waals surface area contributed by atoms with Gasteiger partial charge in [-0.05, 0) is 13.0 Å². The van der Waals surface area contributed by atoms with E-state index >= 15 is 0 Å². The van der Waals surface area contributed by atoms with Gasteiger partial charge in [0.2, 0.25) is 6.20 Å². The fourth-order valence-electron chi connectivity index (χ4n) is 1.56. The number of rotatable bonds is 5. The van der Waals surface area contributed by atoms with Crippen molar-refractivity contribution in [2.24, 2.45) is 0 Å². The zero-order valence-corrected chi connectivity index (χ0v) is 12.3. The molecule has 0 saturated carbocycles. The van der Waals surface area contributed by atoms with E-state index in [9.17, 15) is 53.1 Å². The zero-order valence-electron chi connectivity index (χ0n) is 12.3. The Morgan fingerprint density at radius 3 is 1.81 bits per heavy atom. The Labute approximate surface area is 137 Å². The number of hydrogen-bond acceptors (Lipinski definition) is 1. The van der Waals surface area contributed by atoms with Gasteiger partial charge in [-0.15, -0.1) is 5.43 Å². The van der Waals surface area contributed by atoms with Crippen LogP contribution >= 0.6 is 0 Å². The number of aromatic nitrogens is 1. The first-order valence-electron chi connectivity index (χ1n) is 6.27. The fraction of sp³-hybridized carbons (Fsp3) is 0.500. The predicted octanol–water partition coefficient (Wildman–Crippen LogP) is 3.46. The van der Waals surface area contributed by atoms with Crippen LogP contribution in [-0.4, -0.2) is 35.8 Å². The van der Waals surface area contributed by atoms with E-state index in [1.54, 1.807) is 0 Å². The zero-order chi connectivity index (χ0) is 20.8. The maximum absolute atomic E-state index is 13.4. The molecule has 1 rings (SSSR count). The van der Waals surface area contributed by atoms with Gasteiger partial charge in [0, 0.05) is 11.6 Å². The van der Waals surface area contributed by atoms with Gasteiger partial charge in [-0.25, -0.2) is 0 Å². The molecule has 0 unspecified atom stereocenters. The Morgan fingerprint density at radius 2 is 1.38 bits per heavy atom. The third-order valence-electron chi connectivity index (χ3n) is 3.00. The Bertz CT molecular complexity index is 684. The monoisotopic (exact) mass is 405 g/mol. The molecule has 1 aromatic heterocycles. The molecule has 1 N–H and O–H groups in total. The first-order chi connectivity index (χ1) is 11.4. The maximum Gasteiger partial charge on any atom is 0.460 e. The van der Waals surface area contributed by atoms with Crippen LogP contribution in [0.5, 0.6) is 0 Å². The van der Waals surface area contributed by atoms with E-state index in [0.717, 1.165) is 23.9 Å². The maximum atomic E-state index is 13.4. The van der Waals surface area contributed by atoms with Crippen molar-refractivity contribution in [1.82, 2.24) is 0 Å². The largest absolute Gasteiger partial charge is 0.460 e. The Hall–Kier alpha value is -2.15. The fourth-order valence-corrected chi connectivity index (χ4v) is 1.56. The smallest absolute Gasteiger partial charge is 0.262 e. The van der Waals surface area contributed by atoms with Crippen LogP contribution in [0.4, 0.5) is 48.3 Å². The lowest BCUT2D eigenvalue weighted by molar-refractivity contribution is -0.643. The van der Waals surface area contributed by atoms with Gasteiger partial charge in [0.15, 0.2) is 6.20 Å². The number of carbonyl (C=O) groups excluding carboxylic acids is 1. The predicted molar refractivity (Wildman–Crippen MR) is 61.6 cm³/mol. The first kappa shape index (κ1) is 21.9. The van der Waals surface area contributed by atoms with Gasteiger partial charge in [-0.1, -0.05) is 4.68 Å². The average Bonchev–Trinajstić information content (AvgIpc) is 2.45. The number of carbonyl (C=O) groups is 1. The molecule has 0 saturated heterocycles. The molecule has 1 aromatic rings. The molecule has 1 heterocycles. The lowest BCUT2D eigenvalue weighted by Crippen LogP contribution is -2.70. The highest BCUT2D eigenvalue weighted by molar-refractivity contribution is 5.90. The number of hydrogen-bond donors (Lipinski definition) is 1. The molecule has 0 radical (unpaired) electrons. The molecule has 0 aliphatic carbocycles. The van der Waals surface area contributed by atoms with Crippen LogP contribution in [0.15, 0.2) is 24.5 Å². The average molecular weight is 405 g/mol. The number of halogens is 11. The van der Waals surface area contributed by atoms with Crippen LogP contribution in [0, 0.1) is 6.92 Å². The molecule has 0 spiro atoms. The van der Waals surface area contributed by atoms with Gasteiger partial charge in [0.25, 0.3) is 0 Å². The summed E-state index contributed by atoms with van der Waals surface area (Å²) in [5.41, 5.74) is 1.24. The molecule has 0 bridgehead atoms. The van der Waals surface area contributed by atoms with E-state index in [-0.39, 0.29) is 5.56 Å². The summed E-state index contributed by atoms with van der Waals surface area (Å²) < 4.78 is 141. The van der Waals surface area contributed by atoms with Crippen LogP contribution in [0.3, 0.4) is 0 Å². The van der Waals surface area contributed by atoms with Crippen LogP contribution in [0.25, 0.3) is 0 Å². The minimum absolute atomic E-state index is 0.261. The standard InChI is InChI=1S/C12H7F11N2O/c1-6-3-2-4-25(5-6)24-7(26)8(13,14)9(15,16)10(17,18)11(19,20)12(21,22)23/h2-5H,1H3/p+1. The first-order valence-corrected chi connectivity index (χ1v) is 6.27. The van der Waals surface area contributed by atoms with Crippen LogP contribution in [0.2, 0.25) is 0 Å². The molecule has 0 aliphatic heterocycles. The minimum atomic E-state index is -7.63. The SMILES string of the molecule is Cc1ccc[n+](NC(=O)C(F)(F)C(F)(F)C(F)(F)C(F)(F)C(F)(F)F)c1. The van der Waals surface area contributed by atoms with Crippen molar-refractivity contribution < 1.29 is 57.8 Å². The number of nitrogens with zero attached hydrogens (tertiary/aromatic N) is 1. The van der Waals surface area contributed by atoms with E-state index in [2.05, 4.69) is 0 Å². The second-order valence-electron chi connectivity index (χ2n) is 5.02. The minimum Gasteiger partial charge on any atom is -0.262 e. The van der Waals surface area contributed by atoms with E-state index in [0.29, 0.717) is 4.68 Å². The van der Waals surface area contributed by atoms with Gasteiger partial charge in [0.05, 0.1) is 0 Å². The van der Waals surface area contributed by atoms with Crippen molar-refractivity contribution in [3.63, 3.8) is 0 Å². The number of nitrogens with one attached hydrogen (secondary N) is 1. The Kier molecular flexibility index (Phi) is 5.24. The highest BCUT2D eigenvalue weighted by Gasteiger charge is 2.88. The summed E-state index contributed by atoms with van der Waals surface area (Å²) in [6.07, 6.45) is -5.66. The summed E-state index contributed by atoms with van der Waals surface area (Å²) in [6, 6.07) is 2.44. The third kappa shape index (κ3) is 3.28. The second kappa shape index (κ2) is 6.23. The lowest BCUT2D eigenvalue weighted by Gasteiger charge is -2.36. The molecule has 148 valence electrons. The number of amides is 1. The normalized spacial score (nSPS) is 14.3. The molecule has 0 atom stereocenters. The molecule has 26 heavy (non-hydrogen) atoms. The molecule has 0 aliphatic rings. The molecular weight excluding hydrogens is 397 g/mol. The van der Waals surface area contributed by atoms with Crippen molar-refractivity contribution in [2.75, 3.05) is 5.43 Å². The van der Waals surface area contributed by atoms with Crippen molar-refractivity contribution >= 4 is 5.91 Å². The summed E-state index contributed by atoms with van der Waals surface area (Å²) in [6.45, 7) is 1.34. The molecule has 3 nitrogen and oxygen atoms in total. The number of pyridine rings is 1. The van der Waals surface area contributed by atoms with Gasteiger partial charge in [-0.3, -0.25) is 4.79 Å². The second-order valence-corrected chi connectivity index (χ2v) is 5.02. The molecule has 14 heteroatoms. The quantitative estimate of drug-likeness (QED) is 0.591. The Morgan fingerprint density at radius 1 is 0.885 bits per heavy atom. The summed E-state index contributed by atoms with van der Waals surface area (Å²) in [5.74, 6) is -32.4. The summed E-state index contributed by atoms with van der Waals surface area (Å²) in [5, 5.41) is 0. The number of aryl methyl sites for hydroxylation is 1. The van der Waals surface area contributed by atoms with E-state index in [1.807, 2.05) is 0 Å². The number of alkyl halides is 11. The molecule has 0 fully saturated rings. The highest BCUT2D eigenvalue weighted by Crippen LogP contribution is 2.57. The van der Waals surface area contributed by atoms with Crippen molar-refractivity contribution in [1.29, 1.82) is 0 Å². The van der Waals surface area contributed by atoms with Crippen molar-refractivity contribution in [3.05, 3.63) is 30.1 Å². The van der Waals surface area contributed by atoms with E-state index in [1.165, 1.54) is 13.0 Å². The lowest BCUT2D eigenvalue weighted by atomic mass is 9.97. The van der Waals surface area contributed by atoms with Crippen molar-refractivity contribution in [2.45, 2.75) is 36.8 Å². The van der Waals surface area contributed by atoms with Crippen LogP contribution in [-0.2, 0) is 4.79 Å². The summed E-state index contributed by atoms with van der Waals surface area (Å²) >= 11 is 0. The van der Waals surface area contributed by atoms with Gasteiger partial charge >= 0.3 is 35.8 Å². The van der Waals surface area contributed by atoms with Gasteiger partial charge < -0.3 is 0 Å². The Balaban J connectivity index is 3.28. The molecule has 1 amide bonds. The van der Waals surface area contributed by atoms with Crippen molar-refractivity contribution in [3.8, 4) is 0 Å². The summed E-state index contributed by atoms with van der Waals surface area (Å²) in [4.78, 5) is 11.2. The van der Waals surface area contributed by atoms with Gasteiger partial charge in [-0.2, -0.15) is 48.3 Å². The molecule has 0 aromatic carbocycles. The third-order valence-corrected chi connectivity index (χ3v) is 3.00. The topological polar surface area (TPSA) is 33.0 Å². The van der Waals surface area contributed by atoms with Crippen LogP contribution in [0.1, 0.15) is 5.56 Å². The highest BCUT2D eigenvalue weighted by atomic mass is 19.4. The van der Waals surface area contributed by atoms with E-state index < -0.39 is 35.8 Å². The van der Waals surface area contributed by atoms with Gasteiger partial charge in [0.1, 0.15) is 0 Å². The van der Waals surface area contributed by atoms with Crippen LogP contribution < -0.4 is 10.1 Å². The van der Waals surface area contributed by atoms with E-state index in [4.69, 9.17) is 0 Å². The summed E-state index contributed by atoms with van der Waals surface area (Å²) in [7, 11) is 0. The molecular formula is C12H8F11N2O+.